The minimum absolute atomic E-state index is 0.0737. The molecule has 6 nitrogen and oxygen atoms in total. The van der Waals surface area contributed by atoms with Crippen molar-refractivity contribution in [3.05, 3.63) is 47.5 Å². The summed E-state index contributed by atoms with van der Waals surface area (Å²) in [5.74, 6) is -0.329. The van der Waals surface area contributed by atoms with E-state index in [4.69, 9.17) is 16.0 Å². The molecule has 1 fully saturated rings. The SMILES string of the molecule is O=C(Nc1ccc(-c2nc3cccc(Cl)c3o2)cc1)C1CCS(=O)(=O)C1. The molecule has 1 saturated heterocycles. The van der Waals surface area contributed by atoms with Gasteiger partial charge in [0.05, 0.1) is 22.4 Å². The standard InChI is InChI=1S/C18H15ClN2O4S/c19-14-2-1-3-15-16(14)25-18(21-15)11-4-6-13(7-5-11)20-17(22)12-8-9-26(23,24)10-12/h1-7,12H,8-10H2,(H,20,22). The zero-order chi connectivity index (χ0) is 18.3. The maximum atomic E-state index is 12.2. The lowest BCUT2D eigenvalue weighted by atomic mass is 10.1. The fourth-order valence-electron chi connectivity index (χ4n) is 2.98. The van der Waals surface area contributed by atoms with E-state index in [-0.39, 0.29) is 17.4 Å². The number of anilines is 1. The summed E-state index contributed by atoms with van der Waals surface area (Å²) in [4.78, 5) is 16.6. The van der Waals surface area contributed by atoms with Crippen LogP contribution in [0, 0.1) is 5.92 Å². The van der Waals surface area contributed by atoms with E-state index in [2.05, 4.69) is 10.3 Å². The van der Waals surface area contributed by atoms with Gasteiger partial charge in [-0.05, 0) is 42.8 Å². The van der Waals surface area contributed by atoms with Crippen molar-refractivity contribution in [2.45, 2.75) is 6.42 Å². The number of aromatic nitrogens is 1. The van der Waals surface area contributed by atoms with Crippen LogP contribution in [-0.2, 0) is 14.6 Å². The van der Waals surface area contributed by atoms with Crippen LogP contribution in [0.15, 0.2) is 46.9 Å². The summed E-state index contributed by atoms with van der Waals surface area (Å²) < 4.78 is 28.7. The first-order valence-electron chi connectivity index (χ1n) is 8.08. The van der Waals surface area contributed by atoms with Crippen molar-refractivity contribution in [3.63, 3.8) is 0 Å². The highest BCUT2D eigenvalue weighted by molar-refractivity contribution is 7.91. The van der Waals surface area contributed by atoms with Gasteiger partial charge in [0.1, 0.15) is 5.52 Å². The van der Waals surface area contributed by atoms with E-state index in [0.717, 1.165) is 5.56 Å². The Morgan fingerprint density at radius 3 is 2.62 bits per heavy atom. The Balaban J connectivity index is 1.51. The van der Waals surface area contributed by atoms with Gasteiger partial charge in [0.15, 0.2) is 15.4 Å². The second kappa shape index (κ2) is 6.41. The summed E-state index contributed by atoms with van der Waals surface area (Å²) in [5.41, 5.74) is 2.55. The van der Waals surface area contributed by atoms with Crippen molar-refractivity contribution in [1.82, 2.24) is 4.98 Å². The molecule has 1 aliphatic rings. The number of carbonyl (C=O) groups excluding carboxylic acids is 1. The number of para-hydroxylation sites is 1. The number of oxazole rings is 1. The molecule has 0 spiro atoms. The average Bonchev–Trinajstić information content (AvgIpc) is 3.20. The molecule has 0 aliphatic carbocycles. The van der Waals surface area contributed by atoms with Gasteiger partial charge in [0.25, 0.3) is 0 Å². The van der Waals surface area contributed by atoms with Gasteiger partial charge >= 0.3 is 0 Å². The zero-order valence-electron chi connectivity index (χ0n) is 13.6. The number of nitrogens with zero attached hydrogens (tertiary/aromatic N) is 1. The number of halogens is 1. The Morgan fingerprint density at radius 2 is 1.96 bits per heavy atom. The number of carbonyl (C=O) groups is 1. The predicted molar refractivity (Wildman–Crippen MR) is 99.8 cm³/mol. The molecule has 4 rings (SSSR count). The second-order valence-corrected chi connectivity index (χ2v) is 8.91. The number of hydrogen-bond donors (Lipinski definition) is 1. The van der Waals surface area contributed by atoms with Crippen LogP contribution in [0.1, 0.15) is 6.42 Å². The van der Waals surface area contributed by atoms with E-state index in [1.165, 1.54) is 0 Å². The Hall–Kier alpha value is -2.38. The van der Waals surface area contributed by atoms with E-state index in [1.54, 1.807) is 36.4 Å². The van der Waals surface area contributed by atoms with Crippen molar-refractivity contribution in [1.29, 1.82) is 0 Å². The van der Waals surface area contributed by atoms with Crippen molar-refractivity contribution in [3.8, 4) is 11.5 Å². The Labute approximate surface area is 155 Å². The molecule has 3 aromatic rings. The minimum Gasteiger partial charge on any atom is -0.435 e. The summed E-state index contributed by atoms with van der Waals surface area (Å²) >= 11 is 6.10. The molecule has 1 unspecified atom stereocenters. The molecule has 2 aromatic carbocycles. The van der Waals surface area contributed by atoms with Gasteiger partial charge in [0.2, 0.25) is 11.8 Å². The van der Waals surface area contributed by atoms with Crippen LogP contribution < -0.4 is 5.32 Å². The predicted octanol–water partition coefficient (Wildman–Crippen LogP) is 3.52. The first-order chi connectivity index (χ1) is 12.4. The molecule has 0 bridgehead atoms. The van der Waals surface area contributed by atoms with E-state index < -0.39 is 15.8 Å². The van der Waals surface area contributed by atoms with Gasteiger partial charge in [-0.15, -0.1) is 0 Å². The Kier molecular flexibility index (Phi) is 4.20. The summed E-state index contributed by atoms with van der Waals surface area (Å²) in [6, 6.07) is 12.4. The van der Waals surface area contributed by atoms with Crippen LogP contribution in [0.2, 0.25) is 5.02 Å². The van der Waals surface area contributed by atoms with E-state index in [0.29, 0.717) is 34.1 Å². The van der Waals surface area contributed by atoms with Crippen molar-refractivity contribution >= 4 is 44.1 Å². The number of sulfone groups is 1. The quantitative estimate of drug-likeness (QED) is 0.739. The Morgan fingerprint density at radius 1 is 1.19 bits per heavy atom. The zero-order valence-corrected chi connectivity index (χ0v) is 15.2. The number of amides is 1. The van der Waals surface area contributed by atoms with Crippen LogP contribution in [0.3, 0.4) is 0 Å². The largest absolute Gasteiger partial charge is 0.435 e. The van der Waals surface area contributed by atoms with Crippen LogP contribution >= 0.6 is 11.6 Å². The smallest absolute Gasteiger partial charge is 0.228 e. The normalized spacial score (nSPS) is 18.9. The highest BCUT2D eigenvalue weighted by Crippen LogP contribution is 2.29. The maximum Gasteiger partial charge on any atom is 0.228 e. The van der Waals surface area contributed by atoms with Gasteiger partial charge in [0, 0.05) is 11.3 Å². The number of benzene rings is 2. The fraction of sp³-hybridized carbons (Fsp3) is 0.222. The summed E-state index contributed by atoms with van der Waals surface area (Å²) in [6.07, 6.45) is 0.371. The van der Waals surface area contributed by atoms with Crippen LogP contribution in [0.5, 0.6) is 0 Å². The topological polar surface area (TPSA) is 89.3 Å². The van der Waals surface area contributed by atoms with Crippen molar-refractivity contribution in [2.75, 3.05) is 16.8 Å². The third kappa shape index (κ3) is 3.32. The molecule has 1 amide bonds. The van der Waals surface area contributed by atoms with E-state index in [9.17, 15) is 13.2 Å². The third-order valence-corrected chi connectivity index (χ3v) is 6.44. The molecule has 8 heteroatoms. The van der Waals surface area contributed by atoms with Crippen molar-refractivity contribution in [2.24, 2.45) is 5.92 Å². The molecule has 2 heterocycles. The van der Waals surface area contributed by atoms with Crippen LogP contribution in [-0.4, -0.2) is 30.8 Å². The number of nitrogens with one attached hydrogen (secondary N) is 1. The molecule has 1 aromatic heterocycles. The molecule has 0 saturated carbocycles. The molecule has 26 heavy (non-hydrogen) atoms. The Bertz CT molecular complexity index is 1090. The monoisotopic (exact) mass is 390 g/mol. The summed E-state index contributed by atoms with van der Waals surface area (Å²) in [5, 5.41) is 3.26. The molecule has 1 N–H and O–H groups in total. The minimum atomic E-state index is -3.08. The van der Waals surface area contributed by atoms with Crippen LogP contribution in [0.25, 0.3) is 22.6 Å². The summed E-state index contributed by atoms with van der Waals surface area (Å²) in [6.45, 7) is 0. The fourth-order valence-corrected chi connectivity index (χ4v) is 4.93. The highest BCUT2D eigenvalue weighted by Gasteiger charge is 2.32. The molecule has 1 atom stereocenters. The van der Waals surface area contributed by atoms with E-state index >= 15 is 0 Å². The van der Waals surface area contributed by atoms with Gasteiger partial charge in [-0.25, -0.2) is 13.4 Å². The number of hydrogen-bond acceptors (Lipinski definition) is 5. The second-order valence-electron chi connectivity index (χ2n) is 6.27. The first kappa shape index (κ1) is 17.1. The average molecular weight is 391 g/mol. The lowest BCUT2D eigenvalue weighted by molar-refractivity contribution is -0.119. The molecular weight excluding hydrogens is 376 g/mol. The van der Waals surface area contributed by atoms with E-state index in [1.807, 2.05) is 6.07 Å². The van der Waals surface area contributed by atoms with Gasteiger partial charge in [-0.2, -0.15) is 0 Å². The summed E-state index contributed by atoms with van der Waals surface area (Å²) in [7, 11) is -3.08. The number of fused-ring (bicyclic) bond motifs is 1. The number of rotatable bonds is 3. The molecule has 0 radical (unpaired) electrons. The first-order valence-corrected chi connectivity index (χ1v) is 10.3. The van der Waals surface area contributed by atoms with Gasteiger partial charge < -0.3 is 9.73 Å². The lowest BCUT2D eigenvalue weighted by Gasteiger charge is -2.09. The lowest BCUT2D eigenvalue weighted by Crippen LogP contribution is -2.23. The van der Waals surface area contributed by atoms with Crippen molar-refractivity contribution < 1.29 is 17.6 Å². The third-order valence-electron chi connectivity index (χ3n) is 4.37. The molecule has 134 valence electrons. The van der Waals surface area contributed by atoms with Crippen LogP contribution in [0.4, 0.5) is 5.69 Å². The maximum absolute atomic E-state index is 12.2. The molecule has 1 aliphatic heterocycles. The molecular formula is C18H15ClN2O4S. The highest BCUT2D eigenvalue weighted by atomic mass is 35.5. The van der Waals surface area contributed by atoms with Gasteiger partial charge in [-0.1, -0.05) is 17.7 Å². The van der Waals surface area contributed by atoms with Gasteiger partial charge in [-0.3, -0.25) is 4.79 Å².